The number of nitrogens with one attached hydrogen (secondary N) is 2. The van der Waals surface area contributed by atoms with Gasteiger partial charge in [-0.1, -0.05) is 18.2 Å². The second kappa shape index (κ2) is 9.82. The summed E-state index contributed by atoms with van der Waals surface area (Å²) in [5.74, 6) is 0.744. The van der Waals surface area contributed by atoms with Crippen LogP contribution in [0.4, 0.5) is 0 Å². The monoisotopic (exact) mass is 402 g/mol. The van der Waals surface area contributed by atoms with Gasteiger partial charge < -0.3 is 15.7 Å². The van der Waals surface area contributed by atoms with Crippen molar-refractivity contribution in [1.29, 1.82) is 0 Å². The maximum absolute atomic E-state index is 10.5. The van der Waals surface area contributed by atoms with E-state index in [-0.39, 0.29) is 0 Å². The third-order valence-electron chi connectivity index (χ3n) is 4.07. The van der Waals surface area contributed by atoms with Gasteiger partial charge in [0.1, 0.15) is 6.10 Å². The zero-order valence-corrected chi connectivity index (χ0v) is 17.4. The number of aryl methyl sites for hydroxylation is 2. The Morgan fingerprint density at radius 2 is 2.15 bits per heavy atom. The number of guanidine groups is 1. The quantitative estimate of drug-likeness (QED) is 0.304. The molecule has 3 aromatic rings. The maximum Gasteiger partial charge on any atom is 0.191 e. The standard InChI is InChI=1S/C20H26N4OS2/c1-3-21-20(22-10-6-9-19-24-14(2)13-26-19)23-12-16(25)18-11-15-7-4-5-8-17(15)27-18/h4-5,7-8,11,13,16,25H,3,6,9-10,12H2,1-2H3,(H2,21,22,23). The van der Waals surface area contributed by atoms with Crippen LogP contribution in [-0.2, 0) is 6.42 Å². The van der Waals surface area contributed by atoms with Gasteiger partial charge in [0.25, 0.3) is 0 Å². The molecule has 2 aromatic heterocycles. The predicted molar refractivity (Wildman–Crippen MR) is 116 cm³/mol. The molecule has 7 heteroatoms. The van der Waals surface area contributed by atoms with Crippen molar-refractivity contribution in [2.24, 2.45) is 4.99 Å². The summed E-state index contributed by atoms with van der Waals surface area (Å²) in [6, 6.07) is 10.2. The summed E-state index contributed by atoms with van der Waals surface area (Å²) >= 11 is 3.34. The summed E-state index contributed by atoms with van der Waals surface area (Å²) in [6.07, 6.45) is 1.38. The molecule has 0 aliphatic heterocycles. The van der Waals surface area contributed by atoms with Crippen LogP contribution >= 0.6 is 22.7 Å². The molecule has 1 aromatic carbocycles. The Kier molecular flexibility index (Phi) is 7.20. The van der Waals surface area contributed by atoms with Gasteiger partial charge in [-0.3, -0.25) is 4.99 Å². The van der Waals surface area contributed by atoms with Crippen molar-refractivity contribution >= 4 is 38.7 Å². The van der Waals surface area contributed by atoms with Gasteiger partial charge in [0.15, 0.2) is 5.96 Å². The average molecular weight is 403 g/mol. The molecule has 0 bridgehead atoms. The van der Waals surface area contributed by atoms with Gasteiger partial charge >= 0.3 is 0 Å². The van der Waals surface area contributed by atoms with Gasteiger partial charge in [-0.15, -0.1) is 22.7 Å². The second-order valence-corrected chi connectivity index (χ2v) is 8.39. The number of hydrogen-bond donors (Lipinski definition) is 3. The summed E-state index contributed by atoms with van der Waals surface area (Å²) in [5, 5.41) is 21.5. The highest BCUT2D eigenvalue weighted by atomic mass is 32.1. The van der Waals surface area contributed by atoms with Crippen molar-refractivity contribution in [3.8, 4) is 0 Å². The van der Waals surface area contributed by atoms with Crippen LogP contribution in [0.2, 0.25) is 0 Å². The zero-order chi connectivity index (χ0) is 19.1. The Morgan fingerprint density at radius 3 is 2.89 bits per heavy atom. The fourth-order valence-corrected chi connectivity index (χ4v) is 4.60. The van der Waals surface area contributed by atoms with Gasteiger partial charge in [0.2, 0.25) is 0 Å². The summed E-state index contributed by atoms with van der Waals surface area (Å²) < 4.78 is 1.19. The molecule has 0 amide bonds. The Morgan fingerprint density at radius 1 is 1.30 bits per heavy atom. The number of aliphatic hydroxyl groups excluding tert-OH is 1. The SMILES string of the molecule is CCNC(=NCC(O)c1cc2ccccc2s1)NCCCc1nc(C)cs1. The van der Waals surface area contributed by atoms with Crippen molar-refractivity contribution < 1.29 is 5.11 Å². The molecule has 0 spiro atoms. The molecule has 0 fully saturated rings. The van der Waals surface area contributed by atoms with E-state index in [9.17, 15) is 5.11 Å². The van der Waals surface area contributed by atoms with Crippen LogP contribution in [0.5, 0.6) is 0 Å². The Labute approximate surface area is 168 Å². The molecule has 0 saturated carbocycles. The first-order valence-electron chi connectivity index (χ1n) is 9.25. The van der Waals surface area contributed by atoms with E-state index in [0.29, 0.717) is 6.54 Å². The van der Waals surface area contributed by atoms with E-state index >= 15 is 0 Å². The molecule has 3 rings (SSSR count). The van der Waals surface area contributed by atoms with E-state index in [2.05, 4.69) is 44.2 Å². The van der Waals surface area contributed by atoms with Crippen LogP contribution in [0.25, 0.3) is 10.1 Å². The zero-order valence-electron chi connectivity index (χ0n) is 15.7. The fraction of sp³-hybridized carbons (Fsp3) is 0.400. The highest BCUT2D eigenvalue weighted by Gasteiger charge is 2.11. The number of fused-ring (bicyclic) bond motifs is 1. The summed E-state index contributed by atoms with van der Waals surface area (Å²) in [6.45, 7) is 6.02. The minimum atomic E-state index is -0.587. The number of aliphatic hydroxyl groups is 1. The number of aromatic nitrogens is 1. The lowest BCUT2D eigenvalue weighted by Crippen LogP contribution is -2.38. The number of benzene rings is 1. The topological polar surface area (TPSA) is 69.5 Å². The molecular formula is C20H26N4OS2. The maximum atomic E-state index is 10.5. The molecule has 0 saturated heterocycles. The van der Waals surface area contributed by atoms with Gasteiger partial charge in [0, 0.05) is 40.2 Å². The largest absolute Gasteiger partial charge is 0.386 e. The molecular weight excluding hydrogens is 376 g/mol. The summed E-state index contributed by atoms with van der Waals surface area (Å²) in [4.78, 5) is 9.99. The third kappa shape index (κ3) is 5.76. The lowest BCUT2D eigenvalue weighted by atomic mass is 10.2. The highest BCUT2D eigenvalue weighted by molar-refractivity contribution is 7.19. The number of thiophene rings is 1. The normalized spacial score (nSPS) is 13.1. The Bertz CT molecular complexity index is 854. The molecule has 1 unspecified atom stereocenters. The van der Waals surface area contributed by atoms with Crippen molar-refractivity contribution in [2.45, 2.75) is 32.8 Å². The molecule has 3 N–H and O–H groups in total. The van der Waals surface area contributed by atoms with Crippen molar-refractivity contribution in [3.63, 3.8) is 0 Å². The Balaban J connectivity index is 1.51. The number of nitrogens with zero attached hydrogens (tertiary/aromatic N) is 2. The first kappa shape index (κ1) is 19.8. The minimum Gasteiger partial charge on any atom is -0.386 e. The summed E-state index contributed by atoms with van der Waals surface area (Å²) in [5.41, 5.74) is 1.09. The minimum absolute atomic E-state index is 0.341. The highest BCUT2D eigenvalue weighted by Crippen LogP contribution is 2.29. The first-order chi connectivity index (χ1) is 13.2. The van der Waals surface area contributed by atoms with Crippen molar-refractivity contribution in [3.05, 3.63) is 51.3 Å². The van der Waals surface area contributed by atoms with Crippen LogP contribution in [-0.4, -0.2) is 35.7 Å². The lowest BCUT2D eigenvalue weighted by molar-refractivity contribution is 0.191. The number of thiazole rings is 1. The second-order valence-electron chi connectivity index (χ2n) is 6.33. The predicted octanol–water partition coefficient (Wildman–Crippen LogP) is 3.89. The molecule has 0 radical (unpaired) electrons. The van der Waals surface area contributed by atoms with Gasteiger partial charge in [-0.05, 0) is 37.8 Å². The molecule has 0 aliphatic carbocycles. The molecule has 5 nitrogen and oxygen atoms in total. The Hall–Kier alpha value is -1.96. The van der Waals surface area contributed by atoms with E-state index in [1.54, 1.807) is 22.7 Å². The molecule has 144 valence electrons. The average Bonchev–Trinajstić information content (AvgIpc) is 3.28. The van der Waals surface area contributed by atoms with E-state index in [1.807, 2.05) is 26.0 Å². The first-order valence-corrected chi connectivity index (χ1v) is 10.9. The van der Waals surface area contributed by atoms with Crippen LogP contribution in [0.3, 0.4) is 0 Å². The smallest absolute Gasteiger partial charge is 0.191 e. The molecule has 0 aliphatic rings. The molecule has 2 heterocycles. The van der Waals surface area contributed by atoms with Gasteiger partial charge in [-0.2, -0.15) is 0 Å². The van der Waals surface area contributed by atoms with Gasteiger partial charge in [-0.25, -0.2) is 4.98 Å². The number of aliphatic imine (C=N–C) groups is 1. The van der Waals surface area contributed by atoms with Gasteiger partial charge in [0.05, 0.1) is 11.6 Å². The van der Waals surface area contributed by atoms with E-state index in [1.165, 1.54) is 15.1 Å². The lowest BCUT2D eigenvalue weighted by Gasteiger charge is -2.12. The van der Waals surface area contributed by atoms with Crippen LogP contribution in [0, 0.1) is 6.92 Å². The van der Waals surface area contributed by atoms with E-state index < -0.39 is 6.10 Å². The van der Waals surface area contributed by atoms with Crippen molar-refractivity contribution in [2.75, 3.05) is 19.6 Å². The molecule has 27 heavy (non-hydrogen) atoms. The fourth-order valence-electron chi connectivity index (χ4n) is 2.74. The molecule has 1 atom stereocenters. The van der Waals surface area contributed by atoms with E-state index in [0.717, 1.165) is 42.5 Å². The number of hydrogen-bond acceptors (Lipinski definition) is 5. The van der Waals surface area contributed by atoms with E-state index in [4.69, 9.17) is 0 Å². The summed E-state index contributed by atoms with van der Waals surface area (Å²) in [7, 11) is 0. The third-order valence-corrected chi connectivity index (χ3v) is 6.31. The number of rotatable bonds is 8. The van der Waals surface area contributed by atoms with Crippen LogP contribution in [0.15, 0.2) is 40.7 Å². The van der Waals surface area contributed by atoms with Crippen LogP contribution in [0.1, 0.15) is 35.0 Å². The van der Waals surface area contributed by atoms with Crippen LogP contribution < -0.4 is 10.6 Å². The van der Waals surface area contributed by atoms with Crippen molar-refractivity contribution in [1.82, 2.24) is 15.6 Å².